The molecule has 0 radical (unpaired) electrons. The molecule has 3 N–H and O–H groups in total. The van der Waals surface area contributed by atoms with Gasteiger partial charge in [0.1, 0.15) is 17.0 Å². The second kappa shape index (κ2) is 6.52. The molecular formula is C12H16ClN5O2S. The molecule has 7 nitrogen and oxygen atoms in total. The van der Waals surface area contributed by atoms with Crippen molar-refractivity contribution in [1.82, 2.24) is 19.5 Å². The van der Waals surface area contributed by atoms with Crippen molar-refractivity contribution < 1.29 is 8.42 Å². The van der Waals surface area contributed by atoms with Crippen molar-refractivity contribution in [2.45, 2.75) is 31.5 Å². The van der Waals surface area contributed by atoms with Crippen molar-refractivity contribution in [2.24, 2.45) is 5.73 Å². The van der Waals surface area contributed by atoms with Crippen LogP contribution in [0.2, 0.25) is 5.02 Å². The van der Waals surface area contributed by atoms with E-state index in [1.54, 1.807) is 23.0 Å². The van der Waals surface area contributed by atoms with Crippen LogP contribution in [0.25, 0.3) is 0 Å². The minimum Gasteiger partial charge on any atom is -0.326 e. The van der Waals surface area contributed by atoms with E-state index in [-0.39, 0.29) is 16.5 Å². The van der Waals surface area contributed by atoms with E-state index in [9.17, 15) is 8.42 Å². The minimum atomic E-state index is -3.72. The number of aromatic nitrogens is 3. The molecule has 2 aromatic rings. The Morgan fingerprint density at radius 2 is 2.19 bits per heavy atom. The molecule has 2 rings (SSSR count). The summed E-state index contributed by atoms with van der Waals surface area (Å²) in [5.41, 5.74) is 6.26. The predicted octanol–water partition coefficient (Wildman–Crippen LogP) is 0.889. The number of hydrogen-bond donors (Lipinski definition) is 2. The van der Waals surface area contributed by atoms with E-state index in [4.69, 9.17) is 17.3 Å². The standard InChI is InChI=1S/C12H16ClN5O2S/c1-2-18-8-15-17-12(18)7-16-21(19,20)11-4-3-9(6-14)5-10(11)13/h3-5,8,16H,2,6-7,14H2,1H3. The molecule has 0 atom stereocenters. The first kappa shape index (κ1) is 15.9. The minimum absolute atomic E-state index is 0.0175. The Balaban J connectivity index is 2.19. The maximum Gasteiger partial charge on any atom is 0.242 e. The summed E-state index contributed by atoms with van der Waals surface area (Å²) in [6, 6.07) is 4.62. The van der Waals surface area contributed by atoms with Crippen LogP contribution in [0.4, 0.5) is 0 Å². The molecule has 1 aromatic carbocycles. The van der Waals surface area contributed by atoms with Crippen molar-refractivity contribution in [2.75, 3.05) is 0 Å². The highest BCUT2D eigenvalue weighted by atomic mass is 35.5. The third-order valence-electron chi connectivity index (χ3n) is 2.98. The summed E-state index contributed by atoms with van der Waals surface area (Å²) in [4.78, 5) is 0.0175. The van der Waals surface area contributed by atoms with Crippen molar-refractivity contribution >= 4 is 21.6 Å². The molecule has 114 valence electrons. The fourth-order valence-corrected chi connectivity index (χ4v) is 3.35. The van der Waals surface area contributed by atoms with Gasteiger partial charge in [0.05, 0.1) is 11.6 Å². The predicted molar refractivity (Wildman–Crippen MR) is 79.1 cm³/mol. The average Bonchev–Trinajstić information content (AvgIpc) is 2.92. The Morgan fingerprint density at radius 3 is 2.81 bits per heavy atom. The number of benzene rings is 1. The van der Waals surface area contributed by atoms with Gasteiger partial charge in [0.25, 0.3) is 0 Å². The topological polar surface area (TPSA) is 103 Å². The normalized spacial score (nSPS) is 11.8. The van der Waals surface area contributed by atoms with Gasteiger partial charge in [-0.2, -0.15) is 0 Å². The largest absolute Gasteiger partial charge is 0.326 e. The maximum absolute atomic E-state index is 12.3. The summed E-state index contributed by atoms with van der Waals surface area (Å²) in [6.45, 7) is 2.93. The number of sulfonamides is 1. The van der Waals surface area contributed by atoms with E-state index in [1.165, 1.54) is 6.07 Å². The highest BCUT2D eigenvalue weighted by molar-refractivity contribution is 7.89. The van der Waals surface area contributed by atoms with Crippen LogP contribution in [0, 0.1) is 0 Å². The van der Waals surface area contributed by atoms with Crippen molar-refractivity contribution in [3.8, 4) is 0 Å². The molecule has 0 unspecified atom stereocenters. The van der Waals surface area contributed by atoms with Crippen LogP contribution < -0.4 is 10.5 Å². The molecular weight excluding hydrogens is 314 g/mol. The Labute approximate surface area is 128 Å². The molecule has 0 aliphatic carbocycles. The van der Waals surface area contributed by atoms with Crippen molar-refractivity contribution in [3.63, 3.8) is 0 Å². The van der Waals surface area contributed by atoms with Gasteiger partial charge in [-0.3, -0.25) is 0 Å². The van der Waals surface area contributed by atoms with E-state index in [0.717, 1.165) is 5.56 Å². The summed E-state index contributed by atoms with van der Waals surface area (Å²) in [5, 5.41) is 7.76. The molecule has 0 saturated carbocycles. The molecule has 0 aliphatic rings. The molecule has 0 spiro atoms. The van der Waals surface area contributed by atoms with Gasteiger partial charge in [-0.05, 0) is 24.6 Å². The highest BCUT2D eigenvalue weighted by Crippen LogP contribution is 2.22. The zero-order valence-corrected chi connectivity index (χ0v) is 13.0. The molecule has 0 bridgehead atoms. The monoisotopic (exact) mass is 329 g/mol. The summed E-state index contributed by atoms with van der Waals surface area (Å²) in [7, 11) is -3.72. The smallest absolute Gasteiger partial charge is 0.242 e. The molecule has 1 aromatic heterocycles. The van der Waals surface area contributed by atoms with E-state index in [2.05, 4.69) is 14.9 Å². The summed E-state index contributed by atoms with van der Waals surface area (Å²) in [6.07, 6.45) is 1.55. The van der Waals surface area contributed by atoms with Crippen molar-refractivity contribution in [3.05, 3.63) is 40.9 Å². The number of rotatable bonds is 6. The third kappa shape index (κ3) is 3.59. The lowest BCUT2D eigenvalue weighted by atomic mass is 10.2. The van der Waals surface area contributed by atoms with E-state index < -0.39 is 10.0 Å². The van der Waals surface area contributed by atoms with Gasteiger partial charge >= 0.3 is 0 Å². The fraction of sp³-hybridized carbons (Fsp3) is 0.333. The summed E-state index contributed by atoms with van der Waals surface area (Å²) in [5.74, 6) is 0.538. The van der Waals surface area contributed by atoms with Gasteiger partial charge in [-0.15, -0.1) is 10.2 Å². The maximum atomic E-state index is 12.3. The van der Waals surface area contributed by atoms with Gasteiger partial charge in [0, 0.05) is 13.1 Å². The van der Waals surface area contributed by atoms with Gasteiger partial charge in [-0.25, -0.2) is 13.1 Å². The molecule has 9 heteroatoms. The van der Waals surface area contributed by atoms with Crippen LogP contribution in [0.3, 0.4) is 0 Å². The van der Waals surface area contributed by atoms with Crippen LogP contribution >= 0.6 is 11.6 Å². The van der Waals surface area contributed by atoms with Gasteiger partial charge in [0.2, 0.25) is 10.0 Å². The number of nitrogens with two attached hydrogens (primary N) is 1. The first-order chi connectivity index (χ1) is 9.97. The van der Waals surface area contributed by atoms with Gasteiger partial charge in [0.15, 0.2) is 0 Å². The molecule has 0 saturated heterocycles. The molecule has 0 aliphatic heterocycles. The zero-order valence-electron chi connectivity index (χ0n) is 11.5. The Bertz CT molecular complexity index is 729. The first-order valence-electron chi connectivity index (χ1n) is 6.32. The number of nitrogens with zero attached hydrogens (tertiary/aromatic N) is 3. The second-order valence-electron chi connectivity index (χ2n) is 4.33. The van der Waals surface area contributed by atoms with Crippen LogP contribution in [0.15, 0.2) is 29.4 Å². The zero-order chi connectivity index (χ0) is 15.5. The average molecular weight is 330 g/mol. The van der Waals surface area contributed by atoms with E-state index in [0.29, 0.717) is 18.9 Å². The number of aryl methyl sites for hydroxylation is 1. The quantitative estimate of drug-likeness (QED) is 0.819. The first-order valence-corrected chi connectivity index (χ1v) is 8.19. The number of halogens is 1. The van der Waals surface area contributed by atoms with Gasteiger partial charge in [-0.1, -0.05) is 17.7 Å². The fourth-order valence-electron chi connectivity index (χ4n) is 1.81. The van der Waals surface area contributed by atoms with Crippen LogP contribution in [-0.4, -0.2) is 23.2 Å². The van der Waals surface area contributed by atoms with Gasteiger partial charge < -0.3 is 10.3 Å². The highest BCUT2D eigenvalue weighted by Gasteiger charge is 2.18. The van der Waals surface area contributed by atoms with Crippen LogP contribution in [-0.2, 0) is 29.7 Å². The molecule has 0 fully saturated rings. The molecule has 1 heterocycles. The van der Waals surface area contributed by atoms with Crippen molar-refractivity contribution in [1.29, 1.82) is 0 Å². The van der Waals surface area contributed by atoms with E-state index >= 15 is 0 Å². The number of nitrogens with one attached hydrogen (secondary N) is 1. The Kier molecular flexibility index (Phi) is 4.94. The SMILES string of the molecule is CCn1cnnc1CNS(=O)(=O)c1ccc(CN)cc1Cl. The summed E-state index contributed by atoms with van der Waals surface area (Å²) >= 11 is 6.00. The lowest BCUT2D eigenvalue weighted by molar-refractivity contribution is 0.575. The lowest BCUT2D eigenvalue weighted by Crippen LogP contribution is -2.25. The lowest BCUT2D eigenvalue weighted by Gasteiger charge is -2.09. The Morgan fingerprint density at radius 1 is 1.43 bits per heavy atom. The number of hydrogen-bond acceptors (Lipinski definition) is 5. The Hall–Kier alpha value is -1.48. The van der Waals surface area contributed by atoms with E-state index in [1.807, 2.05) is 6.92 Å². The van der Waals surface area contributed by atoms with Crippen LogP contribution in [0.1, 0.15) is 18.3 Å². The molecule has 21 heavy (non-hydrogen) atoms. The summed E-state index contributed by atoms with van der Waals surface area (Å²) < 4.78 is 28.7. The molecule has 0 amide bonds. The van der Waals surface area contributed by atoms with Crippen LogP contribution in [0.5, 0.6) is 0 Å². The second-order valence-corrected chi connectivity index (χ2v) is 6.47. The third-order valence-corrected chi connectivity index (χ3v) is 4.86.